The van der Waals surface area contributed by atoms with Crippen molar-refractivity contribution in [1.82, 2.24) is 10.4 Å². The molecule has 1 aliphatic rings. The quantitative estimate of drug-likeness (QED) is 0.711. The van der Waals surface area contributed by atoms with Crippen LogP contribution in [0.15, 0.2) is 11.8 Å². The normalized spacial score (nSPS) is 15.8. The first-order valence-electron chi connectivity index (χ1n) is 4.88. The molecular weight excluding hydrogens is 180 g/mol. The number of carbonyl (C=O) groups is 1. The van der Waals surface area contributed by atoms with Gasteiger partial charge in [-0.25, -0.2) is 10.2 Å². The van der Waals surface area contributed by atoms with Crippen LogP contribution in [0.1, 0.15) is 34.6 Å². The maximum atomic E-state index is 10.8. The maximum absolute atomic E-state index is 10.8. The minimum Gasteiger partial charge on any atom is -0.479 e. The molecule has 0 fully saturated rings. The Balaban J connectivity index is 0.000000791. The number of nitrogens with zero attached hydrogens (tertiary/aromatic N) is 1. The molecule has 0 unspecified atom stereocenters. The molecule has 2 N–H and O–H groups in total. The van der Waals surface area contributed by atoms with Crippen molar-refractivity contribution in [2.75, 3.05) is 6.54 Å². The monoisotopic (exact) mass is 200 g/mol. The van der Waals surface area contributed by atoms with Gasteiger partial charge >= 0.3 is 5.97 Å². The number of carboxylic acids is 1. The van der Waals surface area contributed by atoms with Gasteiger partial charge in [0.05, 0.1) is 0 Å². The summed E-state index contributed by atoms with van der Waals surface area (Å²) in [6.07, 6.45) is 1.83. The second-order valence-corrected chi connectivity index (χ2v) is 3.54. The van der Waals surface area contributed by atoms with E-state index in [2.05, 4.69) is 5.43 Å². The van der Waals surface area contributed by atoms with Gasteiger partial charge in [0.25, 0.3) is 0 Å². The van der Waals surface area contributed by atoms with Gasteiger partial charge in [-0.05, 0) is 26.3 Å². The van der Waals surface area contributed by atoms with Crippen LogP contribution in [0.5, 0.6) is 0 Å². The van der Waals surface area contributed by atoms with Gasteiger partial charge in [0.1, 0.15) is 5.54 Å². The summed E-state index contributed by atoms with van der Waals surface area (Å²) in [4.78, 5) is 10.8. The van der Waals surface area contributed by atoms with Gasteiger partial charge in [-0.1, -0.05) is 13.8 Å². The van der Waals surface area contributed by atoms with E-state index < -0.39 is 11.5 Å². The van der Waals surface area contributed by atoms with E-state index in [-0.39, 0.29) is 0 Å². The summed E-state index contributed by atoms with van der Waals surface area (Å²) in [6, 6.07) is 0. The molecule has 0 spiro atoms. The van der Waals surface area contributed by atoms with Crippen LogP contribution in [0.2, 0.25) is 0 Å². The largest absolute Gasteiger partial charge is 0.479 e. The number of nitrogens with one attached hydrogen (secondary N) is 1. The first kappa shape index (κ1) is 13.0. The lowest BCUT2D eigenvalue weighted by Crippen LogP contribution is -2.51. The fraction of sp³-hybridized carbons (Fsp3) is 0.700. The van der Waals surface area contributed by atoms with Crippen LogP contribution in [-0.2, 0) is 4.79 Å². The maximum Gasteiger partial charge on any atom is 0.330 e. The van der Waals surface area contributed by atoms with Gasteiger partial charge in [-0.2, -0.15) is 0 Å². The fourth-order valence-corrected chi connectivity index (χ4v) is 0.984. The van der Waals surface area contributed by atoms with E-state index >= 15 is 0 Å². The lowest BCUT2D eigenvalue weighted by atomic mass is 10.1. The van der Waals surface area contributed by atoms with E-state index in [1.807, 2.05) is 27.0 Å². The Morgan fingerprint density at radius 3 is 2.36 bits per heavy atom. The molecular formula is C10H20N2O2. The standard InChI is InChI=1S/C8H14N2O2.C2H6/c1-6-4-9-10(5-6)8(2,3)7(11)12;1-2/h5,9H,4H2,1-3H3,(H,11,12);1-2H3. The molecule has 0 bridgehead atoms. The van der Waals surface area contributed by atoms with Crippen LogP contribution < -0.4 is 5.43 Å². The van der Waals surface area contributed by atoms with Crippen LogP contribution in [0, 0.1) is 0 Å². The number of carboxylic acid groups (broad SMARTS) is 1. The smallest absolute Gasteiger partial charge is 0.330 e. The second kappa shape index (κ2) is 5.00. The zero-order valence-corrected chi connectivity index (χ0v) is 9.59. The van der Waals surface area contributed by atoms with E-state index in [9.17, 15) is 4.79 Å². The summed E-state index contributed by atoms with van der Waals surface area (Å²) in [7, 11) is 0. The summed E-state index contributed by atoms with van der Waals surface area (Å²) < 4.78 is 0. The van der Waals surface area contributed by atoms with E-state index in [0.29, 0.717) is 0 Å². The summed E-state index contributed by atoms with van der Waals surface area (Å²) in [5, 5.41) is 10.5. The molecule has 1 heterocycles. The van der Waals surface area contributed by atoms with E-state index in [0.717, 1.165) is 12.1 Å². The summed E-state index contributed by atoms with van der Waals surface area (Å²) in [5.74, 6) is -0.832. The van der Waals surface area contributed by atoms with Crippen LogP contribution in [0.3, 0.4) is 0 Å². The highest BCUT2D eigenvalue weighted by Crippen LogP contribution is 2.17. The summed E-state index contributed by atoms with van der Waals surface area (Å²) >= 11 is 0. The molecule has 0 saturated heterocycles. The molecule has 4 heteroatoms. The van der Waals surface area contributed by atoms with Gasteiger partial charge < -0.3 is 5.11 Å². The van der Waals surface area contributed by atoms with Crippen molar-refractivity contribution < 1.29 is 9.90 Å². The van der Waals surface area contributed by atoms with Crippen molar-refractivity contribution in [1.29, 1.82) is 0 Å². The second-order valence-electron chi connectivity index (χ2n) is 3.54. The van der Waals surface area contributed by atoms with Gasteiger partial charge in [0.2, 0.25) is 0 Å². The van der Waals surface area contributed by atoms with Crippen molar-refractivity contribution in [3.05, 3.63) is 11.8 Å². The molecule has 0 aliphatic carbocycles. The SMILES string of the molecule is CC.CC1=CN(C(C)(C)C(=O)O)NC1. The van der Waals surface area contributed by atoms with E-state index in [4.69, 9.17) is 5.11 Å². The molecule has 1 aliphatic heterocycles. The Hall–Kier alpha value is -1.03. The molecule has 0 aromatic heterocycles. The van der Waals surface area contributed by atoms with Crippen molar-refractivity contribution in [2.24, 2.45) is 0 Å². The molecule has 1 rings (SSSR count). The Labute approximate surface area is 85.6 Å². The average molecular weight is 200 g/mol. The average Bonchev–Trinajstić information content (AvgIpc) is 2.55. The molecule has 0 atom stereocenters. The summed E-state index contributed by atoms with van der Waals surface area (Å²) in [5.41, 5.74) is 3.25. The minimum absolute atomic E-state index is 0.733. The van der Waals surface area contributed by atoms with Crippen molar-refractivity contribution >= 4 is 5.97 Å². The molecule has 0 aromatic rings. The molecule has 0 saturated carbocycles. The van der Waals surface area contributed by atoms with Crippen molar-refractivity contribution in [3.63, 3.8) is 0 Å². The van der Waals surface area contributed by atoms with Gasteiger partial charge in [0.15, 0.2) is 0 Å². The predicted molar refractivity (Wildman–Crippen MR) is 56.7 cm³/mol. The Morgan fingerprint density at radius 2 is 2.07 bits per heavy atom. The Morgan fingerprint density at radius 1 is 1.57 bits per heavy atom. The fourth-order valence-electron chi connectivity index (χ4n) is 0.984. The number of hydrogen-bond donors (Lipinski definition) is 2. The van der Waals surface area contributed by atoms with Crippen molar-refractivity contribution in [3.8, 4) is 0 Å². The zero-order chi connectivity index (χ0) is 11.4. The minimum atomic E-state index is -0.877. The lowest BCUT2D eigenvalue weighted by molar-refractivity contribution is -0.148. The van der Waals surface area contributed by atoms with Crippen LogP contribution in [0.25, 0.3) is 0 Å². The molecule has 0 aromatic carbocycles. The summed E-state index contributed by atoms with van der Waals surface area (Å²) in [6.45, 7) is 10.0. The molecule has 14 heavy (non-hydrogen) atoms. The van der Waals surface area contributed by atoms with Crippen molar-refractivity contribution in [2.45, 2.75) is 40.2 Å². The predicted octanol–water partition coefficient (Wildman–Crippen LogP) is 1.60. The molecule has 0 radical (unpaired) electrons. The van der Waals surface area contributed by atoms with Crippen LogP contribution in [0.4, 0.5) is 0 Å². The van der Waals surface area contributed by atoms with Gasteiger partial charge in [-0.15, -0.1) is 0 Å². The molecule has 0 amide bonds. The van der Waals surface area contributed by atoms with Crippen LogP contribution in [-0.4, -0.2) is 28.2 Å². The third-order valence-electron chi connectivity index (χ3n) is 2.00. The van der Waals surface area contributed by atoms with Gasteiger partial charge in [0, 0.05) is 12.7 Å². The first-order chi connectivity index (χ1) is 6.44. The first-order valence-corrected chi connectivity index (χ1v) is 4.88. The highest BCUT2D eigenvalue weighted by atomic mass is 16.4. The third-order valence-corrected chi connectivity index (χ3v) is 2.00. The number of hydrazine groups is 1. The van der Waals surface area contributed by atoms with E-state index in [1.54, 1.807) is 18.9 Å². The lowest BCUT2D eigenvalue weighted by Gasteiger charge is -2.30. The third kappa shape index (κ3) is 2.73. The highest BCUT2D eigenvalue weighted by Gasteiger charge is 2.34. The molecule has 82 valence electrons. The Bertz CT molecular complexity index is 234. The number of aliphatic carboxylic acids is 1. The molecule has 4 nitrogen and oxygen atoms in total. The highest BCUT2D eigenvalue weighted by molar-refractivity contribution is 5.77. The zero-order valence-electron chi connectivity index (χ0n) is 9.59. The van der Waals surface area contributed by atoms with Crippen LogP contribution >= 0.6 is 0 Å². The Kier molecular flexibility index (Phi) is 4.63. The number of rotatable bonds is 2. The van der Waals surface area contributed by atoms with E-state index in [1.165, 1.54) is 0 Å². The van der Waals surface area contributed by atoms with Gasteiger partial charge in [-0.3, -0.25) is 5.01 Å². The topological polar surface area (TPSA) is 52.6 Å². The number of hydrogen-bond acceptors (Lipinski definition) is 3.